The third-order valence-corrected chi connectivity index (χ3v) is 4.27. The van der Waals surface area contributed by atoms with Crippen molar-refractivity contribution >= 4 is 21.4 Å². The van der Waals surface area contributed by atoms with Crippen molar-refractivity contribution in [2.45, 2.75) is 19.6 Å². The molecule has 0 aliphatic carbocycles. The molecule has 0 saturated heterocycles. The molecule has 0 radical (unpaired) electrons. The first-order valence-corrected chi connectivity index (χ1v) is 8.96. The average Bonchev–Trinajstić information content (AvgIpc) is 2.42. The van der Waals surface area contributed by atoms with Crippen LogP contribution < -0.4 is 5.32 Å². The molecule has 0 aromatic heterocycles. The molecule has 116 valence electrons. The molecule has 0 bridgehead atoms. The van der Waals surface area contributed by atoms with Crippen LogP contribution in [0.25, 0.3) is 0 Å². The number of sulfone groups is 1. The third-order valence-electron chi connectivity index (χ3n) is 3.41. The zero-order chi connectivity index (χ0) is 16.3. The number of hydrogen-bond acceptors (Lipinski definition) is 3. The zero-order valence-corrected chi connectivity index (χ0v) is 13.7. The van der Waals surface area contributed by atoms with Gasteiger partial charge < -0.3 is 5.32 Å². The van der Waals surface area contributed by atoms with Gasteiger partial charge in [-0.1, -0.05) is 18.2 Å². The number of carbonyl (C=O) groups is 1. The van der Waals surface area contributed by atoms with E-state index in [9.17, 15) is 13.2 Å². The van der Waals surface area contributed by atoms with Crippen molar-refractivity contribution in [1.82, 2.24) is 0 Å². The standard InChI is InChI=1S/C17H19NO3S/c1-12-4-9-16(10-13(12)2)18-17(19)15-7-5-14(6-8-15)11-22(3,20)21/h4-10H,11H2,1-3H3,(H,18,19). The third kappa shape index (κ3) is 4.43. The Morgan fingerprint density at radius 3 is 2.18 bits per heavy atom. The summed E-state index contributed by atoms with van der Waals surface area (Å²) in [7, 11) is -3.07. The van der Waals surface area contributed by atoms with Gasteiger partial charge in [0, 0.05) is 17.5 Å². The number of aryl methyl sites for hydroxylation is 2. The number of benzene rings is 2. The monoisotopic (exact) mass is 317 g/mol. The Kier molecular flexibility index (Phi) is 4.66. The number of carbonyl (C=O) groups excluding carboxylic acids is 1. The van der Waals surface area contributed by atoms with Gasteiger partial charge in [-0.2, -0.15) is 0 Å². The van der Waals surface area contributed by atoms with E-state index in [1.165, 1.54) is 11.8 Å². The predicted octanol–water partition coefficient (Wildman–Crippen LogP) is 3.10. The van der Waals surface area contributed by atoms with E-state index in [-0.39, 0.29) is 11.7 Å². The quantitative estimate of drug-likeness (QED) is 0.942. The molecule has 2 aromatic rings. The summed E-state index contributed by atoms with van der Waals surface area (Å²) < 4.78 is 22.5. The largest absolute Gasteiger partial charge is 0.322 e. The Hall–Kier alpha value is -2.14. The highest BCUT2D eigenvalue weighted by Gasteiger charge is 2.09. The van der Waals surface area contributed by atoms with Crippen molar-refractivity contribution in [1.29, 1.82) is 0 Å². The van der Waals surface area contributed by atoms with Crippen molar-refractivity contribution in [2.24, 2.45) is 0 Å². The van der Waals surface area contributed by atoms with E-state index in [4.69, 9.17) is 0 Å². The highest BCUT2D eigenvalue weighted by atomic mass is 32.2. The molecule has 0 unspecified atom stereocenters. The Balaban J connectivity index is 2.11. The van der Waals surface area contributed by atoms with Gasteiger partial charge in [0.15, 0.2) is 9.84 Å². The fraction of sp³-hybridized carbons (Fsp3) is 0.235. The molecule has 0 aliphatic heterocycles. The van der Waals surface area contributed by atoms with Gasteiger partial charge >= 0.3 is 0 Å². The SMILES string of the molecule is Cc1ccc(NC(=O)c2ccc(CS(C)(=O)=O)cc2)cc1C. The lowest BCUT2D eigenvalue weighted by Gasteiger charge is -2.08. The van der Waals surface area contributed by atoms with E-state index in [1.54, 1.807) is 24.3 Å². The minimum Gasteiger partial charge on any atom is -0.322 e. The highest BCUT2D eigenvalue weighted by molar-refractivity contribution is 7.89. The van der Waals surface area contributed by atoms with E-state index in [0.717, 1.165) is 11.3 Å². The lowest BCUT2D eigenvalue weighted by molar-refractivity contribution is 0.102. The molecule has 0 spiro atoms. The summed E-state index contributed by atoms with van der Waals surface area (Å²) in [5, 5.41) is 2.84. The molecule has 0 aliphatic rings. The predicted molar refractivity (Wildman–Crippen MR) is 88.9 cm³/mol. The minimum atomic E-state index is -3.07. The summed E-state index contributed by atoms with van der Waals surface area (Å²) in [6, 6.07) is 12.3. The van der Waals surface area contributed by atoms with Crippen LogP contribution >= 0.6 is 0 Å². The summed E-state index contributed by atoms with van der Waals surface area (Å²) in [6.07, 6.45) is 1.19. The summed E-state index contributed by atoms with van der Waals surface area (Å²) in [5.74, 6) is -0.236. The smallest absolute Gasteiger partial charge is 0.255 e. The molecule has 2 aromatic carbocycles. The van der Waals surface area contributed by atoms with E-state index >= 15 is 0 Å². The van der Waals surface area contributed by atoms with E-state index in [0.29, 0.717) is 11.1 Å². The highest BCUT2D eigenvalue weighted by Crippen LogP contribution is 2.16. The second-order valence-corrected chi connectivity index (χ2v) is 7.66. The summed E-state index contributed by atoms with van der Waals surface area (Å²) >= 11 is 0. The van der Waals surface area contributed by atoms with Crippen LogP contribution in [0, 0.1) is 13.8 Å². The van der Waals surface area contributed by atoms with Crippen LogP contribution in [0.3, 0.4) is 0 Å². The van der Waals surface area contributed by atoms with Gasteiger partial charge in [-0.3, -0.25) is 4.79 Å². The number of nitrogens with one attached hydrogen (secondary N) is 1. The first-order chi connectivity index (χ1) is 10.2. The lowest BCUT2D eigenvalue weighted by atomic mass is 10.1. The molecule has 0 atom stereocenters. The summed E-state index contributed by atoms with van der Waals surface area (Å²) in [5.41, 5.74) is 4.19. The maximum atomic E-state index is 12.2. The van der Waals surface area contributed by atoms with Gasteiger partial charge in [0.25, 0.3) is 5.91 Å². The topological polar surface area (TPSA) is 63.2 Å². The summed E-state index contributed by atoms with van der Waals surface area (Å²) in [4.78, 5) is 12.2. The fourth-order valence-corrected chi connectivity index (χ4v) is 2.88. The van der Waals surface area contributed by atoms with Crippen molar-refractivity contribution in [3.63, 3.8) is 0 Å². The number of amides is 1. The Morgan fingerprint density at radius 2 is 1.64 bits per heavy atom. The van der Waals surface area contributed by atoms with Gasteiger partial charge in [-0.25, -0.2) is 8.42 Å². The van der Waals surface area contributed by atoms with E-state index in [1.807, 2.05) is 32.0 Å². The molecule has 22 heavy (non-hydrogen) atoms. The van der Waals surface area contributed by atoms with Gasteiger partial charge in [-0.05, 0) is 54.8 Å². The number of rotatable bonds is 4. The zero-order valence-electron chi connectivity index (χ0n) is 12.9. The van der Waals surface area contributed by atoms with Crippen LogP contribution in [0.15, 0.2) is 42.5 Å². The summed E-state index contributed by atoms with van der Waals surface area (Å²) in [6.45, 7) is 4.01. The first kappa shape index (κ1) is 16.2. The Bertz CT molecular complexity index is 793. The molecule has 0 heterocycles. The second-order valence-electron chi connectivity index (χ2n) is 5.52. The maximum Gasteiger partial charge on any atom is 0.255 e. The second kappa shape index (κ2) is 6.32. The van der Waals surface area contributed by atoms with Crippen molar-refractivity contribution in [2.75, 3.05) is 11.6 Å². The average molecular weight is 317 g/mol. The van der Waals surface area contributed by atoms with E-state index in [2.05, 4.69) is 5.32 Å². The molecule has 1 N–H and O–H groups in total. The van der Waals surface area contributed by atoms with Crippen LogP contribution in [-0.2, 0) is 15.6 Å². The molecule has 1 amide bonds. The maximum absolute atomic E-state index is 12.2. The number of hydrogen-bond donors (Lipinski definition) is 1. The lowest BCUT2D eigenvalue weighted by Crippen LogP contribution is -2.12. The van der Waals surface area contributed by atoms with Gasteiger partial charge in [0.05, 0.1) is 5.75 Å². The molecule has 0 fully saturated rings. The molecule has 4 nitrogen and oxygen atoms in total. The van der Waals surface area contributed by atoms with Crippen LogP contribution in [0.4, 0.5) is 5.69 Å². The van der Waals surface area contributed by atoms with Crippen molar-refractivity contribution in [3.05, 3.63) is 64.7 Å². The van der Waals surface area contributed by atoms with Crippen molar-refractivity contribution < 1.29 is 13.2 Å². The molecule has 5 heteroatoms. The van der Waals surface area contributed by atoms with E-state index < -0.39 is 9.84 Å². The molecular formula is C17H19NO3S. The van der Waals surface area contributed by atoms with Crippen LogP contribution in [-0.4, -0.2) is 20.6 Å². The molecule has 0 saturated carbocycles. The molecular weight excluding hydrogens is 298 g/mol. The molecule has 2 rings (SSSR count). The van der Waals surface area contributed by atoms with Gasteiger partial charge in [-0.15, -0.1) is 0 Å². The first-order valence-electron chi connectivity index (χ1n) is 6.90. The van der Waals surface area contributed by atoms with Crippen LogP contribution in [0.5, 0.6) is 0 Å². The van der Waals surface area contributed by atoms with Gasteiger partial charge in [0.2, 0.25) is 0 Å². The Labute approximate surface area is 131 Å². The van der Waals surface area contributed by atoms with Gasteiger partial charge in [0.1, 0.15) is 0 Å². The Morgan fingerprint density at radius 1 is 1.00 bits per heavy atom. The normalized spacial score (nSPS) is 11.2. The minimum absolute atomic E-state index is 0.0218. The fourth-order valence-electron chi connectivity index (χ4n) is 2.08. The van der Waals surface area contributed by atoms with Crippen molar-refractivity contribution in [3.8, 4) is 0 Å². The van der Waals surface area contributed by atoms with Crippen LogP contribution in [0.1, 0.15) is 27.0 Å². The number of anilines is 1. The van der Waals surface area contributed by atoms with Crippen LogP contribution in [0.2, 0.25) is 0 Å².